The van der Waals surface area contributed by atoms with Gasteiger partial charge < -0.3 is 14.4 Å². The summed E-state index contributed by atoms with van der Waals surface area (Å²) in [5.74, 6) is -0.930. The zero-order valence-electron chi connectivity index (χ0n) is 9.27. The van der Waals surface area contributed by atoms with Crippen molar-refractivity contribution >= 4 is 18.6 Å². The molecule has 1 fully saturated rings. The second-order valence-corrected chi connectivity index (χ2v) is 4.45. The summed E-state index contributed by atoms with van der Waals surface area (Å²) < 4.78 is 11.2. The first kappa shape index (κ1) is 11.2. The third kappa shape index (κ3) is 2.26. The fraction of sp³-hybridized carbons (Fsp3) is 0.364. The monoisotopic (exact) mass is 220 g/mol. The van der Waals surface area contributed by atoms with E-state index in [0.29, 0.717) is 6.61 Å². The standard InChI is InChI=1S/C11H13BO4/c1-11(2)7-15-12(16-11)9-5-3-8(4-6-9)10(13)14/h3-6H,7H2,1-2H3,(H,13,14). The summed E-state index contributed by atoms with van der Waals surface area (Å²) in [5.41, 5.74) is 0.826. The molecule has 1 aromatic carbocycles. The second kappa shape index (κ2) is 3.92. The van der Waals surface area contributed by atoms with Gasteiger partial charge in [-0.2, -0.15) is 0 Å². The molecule has 1 aliphatic heterocycles. The Morgan fingerprint density at radius 2 is 2.00 bits per heavy atom. The lowest BCUT2D eigenvalue weighted by molar-refractivity contribution is 0.0697. The van der Waals surface area contributed by atoms with Crippen molar-refractivity contribution in [3.05, 3.63) is 29.8 Å². The smallest absolute Gasteiger partial charge is 0.478 e. The molecule has 1 aliphatic rings. The topological polar surface area (TPSA) is 55.8 Å². The van der Waals surface area contributed by atoms with E-state index in [1.54, 1.807) is 24.3 Å². The third-order valence-electron chi connectivity index (χ3n) is 2.44. The summed E-state index contributed by atoms with van der Waals surface area (Å²) in [6, 6.07) is 6.54. The van der Waals surface area contributed by atoms with Gasteiger partial charge in [0, 0.05) is 0 Å². The Morgan fingerprint density at radius 1 is 1.38 bits per heavy atom. The van der Waals surface area contributed by atoms with E-state index in [2.05, 4.69) is 0 Å². The van der Waals surface area contributed by atoms with Crippen LogP contribution in [0.25, 0.3) is 0 Å². The molecular formula is C11H13BO4. The maximum atomic E-state index is 10.7. The van der Waals surface area contributed by atoms with E-state index in [-0.39, 0.29) is 11.2 Å². The van der Waals surface area contributed by atoms with Crippen molar-refractivity contribution < 1.29 is 19.2 Å². The first-order valence-corrected chi connectivity index (χ1v) is 5.11. The van der Waals surface area contributed by atoms with Crippen LogP contribution in [0.2, 0.25) is 0 Å². The molecule has 0 unspecified atom stereocenters. The molecule has 0 bridgehead atoms. The Bertz CT molecular complexity index is 399. The lowest BCUT2D eigenvalue weighted by atomic mass is 9.79. The predicted molar refractivity (Wildman–Crippen MR) is 59.9 cm³/mol. The van der Waals surface area contributed by atoms with Gasteiger partial charge in [-0.25, -0.2) is 4.79 Å². The molecule has 4 nitrogen and oxygen atoms in total. The van der Waals surface area contributed by atoms with Crippen molar-refractivity contribution in [2.75, 3.05) is 6.61 Å². The van der Waals surface area contributed by atoms with Crippen molar-refractivity contribution in [3.8, 4) is 0 Å². The molecule has 84 valence electrons. The van der Waals surface area contributed by atoms with E-state index >= 15 is 0 Å². The maximum Gasteiger partial charge on any atom is 0.494 e. The highest BCUT2D eigenvalue weighted by molar-refractivity contribution is 6.61. The van der Waals surface area contributed by atoms with Crippen molar-refractivity contribution in [3.63, 3.8) is 0 Å². The van der Waals surface area contributed by atoms with Gasteiger partial charge in [0.15, 0.2) is 0 Å². The summed E-state index contributed by atoms with van der Waals surface area (Å²) in [7, 11) is -0.391. The van der Waals surface area contributed by atoms with Gasteiger partial charge in [-0.15, -0.1) is 0 Å². The first-order chi connectivity index (χ1) is 7.48. The fourth-order valence-corrected chi connectivity index (χ4v) is 1.58. The zero-order valence-corrected chi connectivity index (χ0v) is 9.27. The summed E-state index contributed by atoms with van der Waals surface area (Å²) in [5, 5.41) is 8.76. The van der Waals surface area contributed by atoms with Crippen LogP contribution in [0.4, 0.5) is 0 Å². The summed E-state index contributed by atoms with van der Waals surface area (Å²) >= 11 is 0. The van der Waals surface area contributed by atoms with Crippen LogP contribution in [-0.2, 0) is 9.31 Å². The molecule has 0 saturated carbocycles. The molecule has 0 aromatic heterocycles. The Morgan fingerprint density at radius 3 is 2.44 bits per heavy atom. The van der Waals surface area contributed by atoms with Gasteiger partial charge in [-0.1, -0.05) is 12.1 Å². The lowest BCUT2D eigenvalue weighted by Crippen LogP contribution is -2.34. The zero-order chi connectivity index (χ0) is 11.8. The van der Waals surface area contributed by atoms with Gasteiger partial charge >= 0.3 is 13.1 Å². The molecule has 0 radical (unpaired) electrons. The quantitative estimate of drug-likeness (QED) is 0.752. The normalized spacial score (nSPS) is 18.8. The van der Waals surface area contributed by atoms with Crippen LogP contribution in [-0.4, -0.2) is 30.4 Å². The fourth-order valence-electron chi connectivity index (χ4n) is 1.58. The molecular weight excluding hydrogens is 207 g/mol. The number of hydrogen-bond donors (Lipinski definition) is 1. The average molecular weight is 220 g/mol. The molecule has 1 N–H and O–H groups in total. The van der Waals surface area contributed by atoms with Crippen molar-refractivity contribution in [1.29, 1.82) is 0 Å². The Labute approximate surface area is 94.3 Å². The van der Waals surface area contributed by atoms with Crippen molar-refractivity contribution in [2.45, 2.75) is 19.4 Å². The lowest BCUT2D eigenvalue weighted by Gasteiger charge is -2.15. The molecule has 1 heterocycles. The molecule has 2 rings (SSSR count). The molecule has 0 aliphatic carbocycles. The molecule has 16 heavy (non-hydrogen) atoms. The number of carbonyl (C=O) groups is 1. The van der Waals surface area contributed by atoms with Crippen LogP contribution in [0.15, 0.2) is 24.3 Å². The number of hydrogen-bond acceptors (Lipinski definition) is 3. The second-order valence-electron chi connectivity index (χ2n) is 4.45. The molecule has 0 amide bonds. The molecule has 1 saturated heterocycles. The molecule has 5 heteroatoms. The van der Waals surface area contributed by atoms with Crippen LogP contribution >= 0.6 is 0 Å². The van der Waals surface area contributed by atoms with Crippen LogP contribution in [0.1, 0.15) is 24.2 Å². The number of carboxylic acid groups (broad SMARTS) is 1. The minimum absolute atomic E-state index is 0.265. The van der Waals surface area contributed by atoms with E-state index in [1.807, 2.05) is 13.8 Å². The highest BCUT2D eigenvalue weighted by atomic mass is 16.7. The SMILES string of the molecule is CC1(C)COB(c2ccc(C(=O)O)cc2)O1. The largest absolute Gasteiger partial charge is 0.494 e. The van der Waals surface area contributed by atoms with Gasteiger partial charge in [0.05, 0.1) is 17.8 Å². The number of benzene rings is 1. The van der Waals surface area contributed by atoms with Crippen LogP contribution < -0.4 is 5.46 Å². The van der Waals surface area contributed by atoms with Gasteiger partial charge in [0.2, 0.25) is 0 Å². The van der Waals surface area contributed by atoms with Gasteiger partial charge in [-0.3, -0.25) is 0 Å². The van der Waals surface area contributed by atoms with E-state index in [9.17, 15) is 4.79 Å². The minimum Gasteiger partial charge on any atom is -0.478 e. The first-order valence-electron chi connectivity index (χ1n) is 5.11. The van der Waals surface area contributed by atoms with Crippen molar-refractivity contribution in [2.24, 2.45) is 0 Å². The van der Waals surface area contributed by atoms with Crippen molar-refractivity contribution in [1.82, 2.24) is 0 Å². The molecule has 1 aromatic rings. The Balaban J connectivity index is 2.14. The number of rotatable bonds is 2. The predicted octanol–water partition coefficient (Wildman–Crippen LogP) is 0.905. The summed E-state index contributed by atoms with van der Waals surface area (Å²) in [6.07, 6.45) is 0. The van der Waals surface area contributed by atoms with Gasteiger partial charge in [0.1, 0.15) is 0 Å². The van der Waals surface area contributed by atoms with Crippen LogP contribution in [0, 0.1) is 0 Å². The number of aromatic carboxylic acids is 1. The Hall–Kier alpha value is -1.33. The minimum atomic E-state index is -0.930. The van der Waals surface area contributed by atoms with E-state index < -0.39 is 13.1 Å². The molecule has 0 spiro atoms. The van der Waals surface area contributed by atoms with E-state index in [4.69, 9.17) is 14.4 Å². The average Bonchev–Trinajstić information content (AvgIpc) is 2.59. The Kier molecular flexibility index (Phi) is 2.74. The third-order valence-corrected chi connectivity index (χ3v) is 2.44. The molecule has 0 atom stereocenters. The van der Waals surface area contributed by atoms with Crippen LogP contribution in [0.3, 0.4) is 0 Å². The highest BCUT2D eigenvalue weighted by Crippen LogP contribution is 2.19. The van der Waals surface area contributed by atoms with Gasteiger partial charge in [-0.05, 0) is 31.4 Å². The van der Waals surface area contributed by atoms with Crippen LogP contribution in [0.5, 0.6) is 0 Å². The maximum absolute atomic E-state index is 10.7. The summed E-state index contributed by atoms with van der Waals surface area (Å²) in [6.45, 7) is 4.45. The number of carboxylic acids is 1. The highest BCUT2D eigenvalue weighted by Gasteiger charge is 2.37. The van der Waals surface area contributed by atoms with E-state index in [1.165, 1.54) is 0 Å². The van der Waals surface area contributed by atoms with Gasteiger partial charge in [0.25, 0.3) is 0 Å². The summed E-state index contributed by atoms with van der Waals surface area (Å²) in [4.78, 5) is 10.7. The van der Waals surface area contributed by atoms with E-state index in [0.717, 1.165) is 5.46 Å².